The predicted molar refractivity (Wildman–Crippen MR) is 84.4 cm³/mol. The second-order valence-electron chi connectivity index (χ2n) is 5.60. The maximum absolute atomic E-state index is 2.29. The SMILES string of the molecule is CCc1ccccc1-c1ccccc1CCC(C)C. The first-order valence-corrected chi connectivity index (χ1v) is 7.38. The number of aryl methyl sites for hydroxylation is 2. The molecule has 0 bridgehead atoms. The standard InChI is InChI=1S/C19H24/c1-4-16-9-5-7-11-18(16)19-12-8-6-10-17(19)14-13-15(2)3/h5-12,15H,4,13-14H2,1-3H3. The van der Waals surface area contributed by atoms with Crippen molar-refractivity contribution in [3.8, 4) is 11.1 Å². The number of hydrogen-bond acceptors (Lipinski definition) is 0. The Hall–Kier alpha value is -1.56. The molecule has 19 heavy (non-hydrogen) atoms. The van der Waals surface area contributed by atoms with Crippen LogP contribution in [0.1, 0.15) is 38.3 Å². The zero-order valence-electron chi connectivity index (χ0n) is 12.3. The van der Waals surface area contributed by atoms with E-state index in [-0.39, 0.29) is 0 Å². The van der Waals surface area contributed by atoms with Gasteiger partial charge in [-0.05, 0) is 47.4 Å². The van der Waals surface area contributed by atoms with E-state index in [1.807, 2.05) is 0 Å². The molecule has 0 spiro atoms. The average molecular weight is 252 g/mol. The van der Waals surface area contributed by atoms with Crippen LogP contribution in [-0.2, 0) is 12.8 Å². The van der Waals surface area contributed by atoms with Crippen LogP contribution >= 0.6 is 0 Å². The van der Waals surface area contributed by atoms with E-state index in [1.54, 1.807) is 0 Å². The molecule has 0 atom stereocenters. The summed E-state index contributed by atoms with van der Waals surface area (Å²) in [5, 5.41) is 0. The first-order valence-electron chi connectivity index (χ1n) is 7.38. The van der Waals surface area contributed by atoms with Crippen molar-refractivity contribution < 1.29 is 0 Å². The highest BCUT2D eigenvalue weighted by atomic mass is 14.1. The van der Waals surface area contributed by atoms with Gasteiger partial charge in [0.25, 0.3) is 0 Å². The fraction of sp³-hybridized carbons (Fsp3) is 0.368. The molecule has 0 N–H and O–H groups in total. The van der Waals surface area contributed by atoms with Crippen molar-refractivity contribution >= 4 is 0 Å². The highest BCUT2D eigenvalue weighted by Gasteiger charge is 2.08. The molecule has 0 saturated carbocycles. The van der Waals surface area contributed by atoms with E-state index in [0.717, 1.165) is 12.3 Å². The number of rotatable bonds is 5. The Labute approximate surface area is 117 Å². The van der Waals surface area contributed by atoms with Crippen LogP contribution in [0.5, 0.6) is 0 Å². The quantitative estimate of drug-likeness (QED) is 0.658. The van der Waals surface area contributed by atoms with Crippen LogP contribution in [0.4, 0.5) is 0 Å². The summed E-state index contributed by atoms with van der Waals surface area (Å²) in [5.41, 5.74) is 5.75. The van der Waals surface area contributed by atoms with Crippen LogP contribution < -0.4 is 0 Å². The smallest absolute Gasteiger partial charge is 0.0149 e. The minimum absolute atomic E-state index is 0.759. The fourth-order valence-electron chi connectivity index (χ4n) is 2.54. The van der Waals surface area contributed by atoms with E-state index in [2.05, 4.69) is 69.3 Å². The summed E-state index contributed by atoms with van der Waals surface area (Å²) in [6.45, 7) is 6.82. The Morgan fingerprint density at radius 3 is 1.89 bits per heavy atom. The van der Waals surface area contributed by atoms with Crippen molar-refractivity contribution in [2.45, 2.75) is 40.0 Å². The summed E-state index contributed by atoms with van der Waals surface area (Å²) in [5.74, 6) is 0.759. The lowest BCUT2D eigenvalue weighted by Gasteiger charge is -2.14. The summed E-state index contributed by atoms with van der Waals surface area (Å²) in [4.78, 5) is 0. The summed E-state index contributed by atoms with van der Waals surface area (Å²) < 4.78 is 0. The van der Waals surface area contributed by atoms with Gasteiger partial charge < -0.3 is 0 Å². The van der Waals surface area contributed by atoms with Crippen molar-refractivity contribution in [1.29, 1.82) is 0 Å². The third-order valence-electron chi connectivity index (χ3n) is 3.70. The molecule has 0 fully saturated rings. The highest BCUT2D eigenvalue weighted by molar-refractivity contribution is 5.70. The molecule has 100 valence electrons. The van der Waals surface area contributed by atoms with Gasteiger partial charge in [-0.3, -0.25) is 0 Å². The van der Waals surface area contributed by atoms with Crippen LogP contribution in [-0.4, -0.2) is 0 Å². The maximum Gasteiger partial charge on any atom is -0.0149 e. The summed E-state index contributed by atoms with van der Waals surface area (Å²) >= 11 is 0. The Bertz CT molecular complexity index is 523. The average Bonchev–Trinajstić information content (AvgIpc) is 2.45. The van der Waals surface area contributed by atoms with Gasteiger partial charge >= 0.3 is 0 Å². The summed E-state index contributed by atoms with van der Waals surface area (Å²) in [7, 11) is 0. The van der Waals surface area contributed by atoms with Crippen LogP contribution in [0.3, 0.4) is 0 Å². The van der Waals surface area contributed by atoms with Crippen LogP contribution in [0, 0.1) is 5.92 Å². The third-order valence-corrected chi connectivity index (χ3v) is 3.70. The monoisotopic (exact) mass is 252 g/mol. The zero-order chi connectivity index (χ0) is 13.7. The Kier molecular flexibility index (Phi) is 4.79. The molecule has 2 aromatic rings. The van der Waals surface area contributed by atoms with Crippen molar-refractivity contribution in [3.63, 3.8) is 0 Å². The molecule has 2 aromatic carbocycles. The summed E-state index contributed by atoms with van der Waals surface area (Å²) in [6.07, 6.45) is 3.52. The molecule has 2 rings (SSSR count). The second-order valence-corrected chi connectivity index (χ2v) is 5.60. The predicted octanol–water partition coefficient (Wildman–Crippen LogP) is 5.50. The minimum Gasteiger partial charge on any atom is -0.0628 e. The molecule has 0 saturated heterocycles. The van der Waals surface area contributed by atoms with Gasteiger partial charge in [-0.25, -0.2) is 0 Å². The first-order chi connectivity index (χ1) is 9.22. The largest absolute Gasteiger partial charge is 0.0628 e. The molecule has 0 radical (unpaired) electrons. The molecule has 0 aromatic heterocycles. The van der Waals surface area contributed by atoms with Crippen LogP contribution in [0.2, 0.25) is 0 Å². The minimum atomic E-state index is 0.759. The van der Waals surface area contributed by atoms with E-state index in [9.17, 15) is 0 Å². The van der Waals surface area contributed by atoms with Crippen molar-refractivity contribution in [1.82, 2.24) is 0 Å². The molecule has 0 unspecified atom stereocenters. The lowest BCUT2D eigenvalue weighted by Crippen LogP contribution is -1.96. The van der Waals surface area contributed by atoms with Gasteiger partial charge in [-0.1, -0.05) is 69.3 Å². The number of hydrogen-bond donors (Lipinski definition) is 0. The van der Waals surface area contributed by atoms with E-state index in [4.69, 9.17) is 0 Å². The molecule has 0 aliphatic carbocycles. The molecule has 0 amide bonds. The lowest BCUT2D eigenvalue weighted by molar-refractivity contribution is 0.587. The fourth-order valence-corrected chi connectivity index (χ4v) is 2.54. The van der Waals surface area contributed by atoms with Crippen LogP contribution in [0.25, 0.3) is 11.1 Å². The molecule has 0 heterocycles. The van der Waals surface area contributed by atoms with Gasteiger partial charge in [0.2, 0.25) is 0 Å². The van der Waals surface area contributed by atoms with E-state index in [1.165, 1.54) is 35.1 Å². The summed E-state index contributed by atoms with van der Waals surface area (Å²) in [6, 6.07) is 17.6. The molecule has 0 nitrogen and oxygen atoms in total. The van der Waals surface area contributed by atoms with Crippen molar-refractivity contribution in [3.05, 3.63) is 59.7 Å². The zero-order valence-corrected chi connectivity index (χ0v) is 12.3. The molecular weight excluding hydrogens is 228 g/mol. The van der Waals surface area contributed by atoms with Crippen molar-refractivity contribution in [2.24, 2.45) is 5.92 Å². The van der Waals surface area contributed by atoms with Gasteiger partial charge in [0.05, 0.1) is 0 Å². The molecule has 0 aliphatic rings. The van der Waals surface area contributed by atoms with Gasteiger partial charge in [0.1, 0.15) is 0 Å². The lowest BCUT2D eigenvalue weighted by atomic mass is 9.91. The topological polar surface area (TPSA) is 0 Å². The normalized spacial score (nSPS) is 10.9. The third kappa shape index (κ3) is 3.47. The Balaban J connectivity index is 2.38. The molecule has 0 heteroatoms. The Morgan fingerprint density at radius 2 is 1.32 bits per heavy atom. The van der Waals surface area contributed by atoms with Crippen molar-refractivity contribution in [2.75, 3.05) is 0 Å². The van der Waals surface area contributed by atoms with Gasteiger partial charge in [-0.15, -0.1) is 0 Å². The number of benzene rings is 2. The molecular formula is C19H24. The second kappa shape index (κ2) is 6.56. The Morgan fingerprint density at radius 1 is 0.789 bits per heavy atom. The van der Waals surface area contributed by atoms with Crippen LogP contribution in [0.15, 0.2) is 48.5 Å². The molecule has 0 aliphatic heterocycles. The van der Waals surface area contributed by atoms with E-state index >= 15 is 0 Å². The van der Waals surface area contributed by atoms with Gasteiger partial charge in [0, 0.05) is 0 Å². The van der Waals surface area contributed by atoms with Gasteiger partial charge in [0.15, 0.2) is 0 Å². The van der Waals surface area contributed by atoms with Gasteiger partial charge in [-0.2, -0.15) is 0 Å². The van der Waals surface area contributed by atoms with E-state index in [0.29, 0.717) is 0 Å². The maximum atomic E-state index is 2.29. The first kappa shape index (κ1) is 13.9. The highest BCUT2D eigenvalue weighted by Crippen LogP contribution is 2.28. The van der Waals surface area contributed by atoms with E-state index < -0.39 is 0 Å².